The van der Waals surface area contributed by atoms with Crippen molar-refractivity contribution >= 4 is 5.91 Å². The Kier molecular flexibility index (Phi) is 5.16. The predicted molar refractivity (Wildman–Crippen MR) is 95.5 cm³/mol. The fourth-order valence-corrected chi connectivity index (χ4v) is 4.12. The van der Waals surface area contributed by atoms with E-state index in [2.05, 4.69) is 27.5 Å². The number of ether oxygens (including phenoxy) is 1. The first-order valence-corrected chi connectivity index (χ1v) is 9.39. The van der Waals surface area contributed by atoms with Gasteiger partial charge in [0.2, 0.25) is 0 Å². The Balaban J connectivity index is 1.71. The average Bonchev–Trinajstić information content (AvgIpc) is 3.25. The molecule has 140 valence electrons. The molecule has 1 saturated heterocycles. The van der Waals surface area contributed by atoms with Crippen LogP contribution in [0, 0.1) is 0 Å². The fraction of sp³-hybridized carbons (Fsp3) is 0.833. The van der Waals surface area contributed by atoms with E-state index in [0.717, 1.165) is 39.1 Å². The van der Waals surface area contributed by atoms with Gasteiger partial charge in [-0.2, -0.15) is 0 Å². The van der Waals surface area contributed by atoms with E-state index < -0.39 is 0 Å². The molecule has 1 aliphatic heterocycles. The summed E-state index contributed by atoms with van der Waals surface area (Å²) in [5.41, 5.74) is 0.244. The molecule has 1 aromatic rings. The van der Waals surface area contributed by atoms with E-state index in [0.29, 0.717) is 5.69 Å². The molecule has 1 aromatic heterocycles. The number of hydrogen-bond acceptors (Lipinski definition) is 5. The van der Waals surface area contributed by atoms with Gasteiger partial charge in [0, 0.05) is 24.7 Å². The minimum absolute atomic E-state index is 0.0411. The maximum atomic E-state index is 12.7. The van der Waals surface area contributed by atoms with Crippen molar-refractivity contribution in [2.75, 3.05) is 26.3 Å². The Bertz CT molecular complexity index is 595. The number of carbonyl (C=O) groups excluding carboxylic acids is 1. The molecule has 7 nitrogen and oxygen atoms in total. The molecule has 25 heavy (non-hydrogen) atoms. The second-order valence-corrected chi connectivity index (χ2v) is 8.32. The maximum absolute atomic E-state index is 12.7. The first-order valence-electron chi connectivity index (χ1n) is 9.39. The topological polar surface area (TPSA) is 72.3 Å². The molecule has 7 heteroatoms. The van der Waals surface area contributed by atoms with Gasteiger partial charge in [0.05, 0.1) is 24.9 Å². The van der Waals surface area contributed by atoms with Crippen LogP contribution >= 0.6 is 0 Å². The highest BCUT2D eigenvalue weighted by Crippen LogP contribution is 2.38. The van der Waals surface area contributed by atoms with Gasteiger partial charge >= 0.3 is 0 Å². The zero-order chi connectivity index (χ0) is 18.1. The first kappa shape index (κ1) is 18.3. The lowest BCUT2D eigenvalue weighted by atomic mass is 9.86. The lowest BCUT2D eigenvalue weighted by Gasteiger charge is -2.47. The molecule has 1 unspecified atom stereocenters. The van der Waals surface area contributed by atoms with Crippen LogP contribution in [-0.2, 0) is 10.3 Å². The molecule has 0 spiro atoms. The van der Waals surface area contributed by atoms with Gasteiger partial charge in [0.15, 0.2) is 5.69 Å². The number of rotatable bonds is 4. The zero-order valence-electron chi connectivity index (χ0n) is 15.9. The first-order chi connectivity index (χ1) is 11.8. The van der Waals surface area contributed by atoms with Crippen LogP contribution in [0.25, 0.3) is 0 Å². The largest absolute Gasteiger partial charge is 0.379 e. The Morgan fingerprint density at radius 1 is 1.28 bits per heavy atom. The van der Waals surface area contributed by atoms with Crippen LogP contribution in [0.4, 0.5) is 0 Å². The summed E-state index contributed by atoms with van der Waals surface area (Å²) in [6.07, 6.45) is 6.43. The molecule has 1 atom stereocenters. The quantitative estimate of drug-likeness (QED) is 0.897. The Hall–Kier alpha value is -1.47. The number of aromatic nitrogens is 3. The molecule has 0 radical (unpaired) electrons. The summed E-state index contributed by atoms with van der Waals surface area (Å²) < 4.78 is 7.25. The standard InChI is InChI=1S/C18H31N5O2/c1-14(18(7-5-6-8-18)22-9-11-25-12-10-22)19-16(24)15-13-23(21-20-15)17(2,3)4/h13-14H,5-12H2,1-4H3,(H,19,24). The third-order valence-electron chi connectivity index (χ3n) is 5.68. The van der Waals surface area contributed by atoms with Crippen LogP contribution in [-0.4, -0.2) is 63.7 Å². The lowest BCUT2D eigenvalue weighted by molar-refractivity contribution is -0.0323. The third kappa shape index (κ3) is 3.72. The number of amides is 1. The van der Waals surface area contributed by atoms with E-state index in [9.17, 15) is 4.79 Å². The van der Waals surface area contributed by atoms with E-state index in [1.165, 1.54) is 12.8 Å². The summed E-state index contributed by atoms with van der Waals surface area (Å²) in [5.74, 6) is -0.137. The maximum Gasteiger partial charge on any atom is 0.273 e. The van der Waals surface area contributed by atoms with E-state index in [4.69, 9.17) is 4.74 Å². The molecule has 2 heterocycles. The number of hydrogen-bond donors (Lipinski definition) is 1. The summed E-state index contributed by atoms with van der Waals surface area (Å²) >= 11 is 0. The summed E-state index contributed by atoms with van der Waals surface area (Å²) in [6.45, 7) is 11.7. The molecule has 2 aliphatic rings. The van der Waals surface area contributed by atoms with E-state index in [1.807, 2.05) is 20.8 Å². The number of nitrogens with zero attached hydrogens (tertiary/aromatic N) is 4. The molecule has 1 N–H and O–H groups in total. The van der Waals surface area contributed by atoms with Gasteiger partial charge < -0.3 is 10.1 Å². The van der Waals surface area contributed by atoms with Crippen molar-refractivity contribution in [3.63, 3.8) is 0 Å². The van der Waals surface area contributed by atoms with Crippen molar-refractivity contribution < 1.29 is 9.53 Å². The molecule has 0 bridgehead atoms. The van der Waals surface area contributed by atoms with Crippen LogP contribution in [0.1, 0.15) is 63.9 Å². The van der Waals surface area contributed by atoms with Crippen LogP contribution < -0.4 is 5.32 Å². The van der Waals surface area contributed by atoms with E-state index in [-0.39, 0.29) is 23.0 Å². The van der Waals surface area contributed by atoms with Gasteiger partial charge in [-0.1, -0.05) is 18.1 Å². The molecule has 1 aliphatic carbocycles. The zero-order valence-corrected chi connectivity index (χ0v) is 15.9. The summed E-state index contributed by atoms with van der Waals surface area (Å²) in [4.78, 5) is 15.2. The number of carbonyl (C=O) groups is 1. The third-order valence-corrected chi connectivity index (χ3v) is 5.68. The Morgan fingerprint density at radius 2 is 1.92 bits per heavy atom. The highest BCUT2D eigenvalue weighted by Gasteiger charge is 2.45. The summed E-state index contributed by atoms with van der Waals surface area (Å²) in [5, 5.41) is 11.4. The van der Waals surface area contributed by atoms with Crippen molar-refractivity contribution in [1.29, 1.82) is 0 Å². The van der Waals surface area contributed by atoms with Crippen LogP contribution in [0.3, 0.4) is 0 Å². The van der Waals surface area contributed by atoms with Crippen molar-refractivity contribution in [3.05, 3.63) is 11.9 Å². The Labute approximate surface area is 150 Å². The monoisotopic (exact) mass is 349 g/mol. The number of morpholine rings is 1. The van der Waals surface area contributed by atoms with Crippen molar-refractivity contribution in [2.24, 2.45) is 0 Å². The van der Waals surface area contributed by atoms with Crippen LogP contribution in [0.2, 0.25) is 0 Å². The lowest BCUT2D eigenvalue weighted by Crippen LogP contribution is -2.62. The molecule has 3 rings (SSSR count). The van der Waals surface area contributed by atoms with Gasteiger partial charge in [-0.05, 0) is 40.5 Å². The summed E-state index contributed by atoms with van der Waals surface area (Å²) in [6, 6.07) is 0.0698. The van der Waals surface area contributed by atoms with Crippen molar-refractivity contribution in [3.8, 4) is 0 Å². The second kappa shape index (κ2) is 7.03. The summed E-state index contributed by atoms with van der Waals surface area (Å²) in [7, 11) is 0. The normalized spacial score (nSPS) is 22.7. The van der Waals surface area contributed by atoms with Gasteiger partial charge in [-0.15, -0.1) is 5.10 Å². The average molecular weight is 349 g/mol. The predicted octanol–water partition coefficient (Wildman–Crippen LogP) is 1.80. The number of nitrogens with one attached hydrogen (secondary N) is 1. The van der Waals surface area contributed by atoms with Crippen LogP contribution in [0.5, 0.6) is 0 Å². The van der Waals surface area contributed by atoms with E-state index >= 15 is 0 Å². The van der Waals surface area contributed by atoms with E-state index in [1.54, 1.807) is 10.9 Å². The highest BCUT2D eigenvalue weighted by molar-refractivity contribution is 5.92. The van der Waals surface area contributed by atoms with Crippen molar-refractivity contribution in [2.45, 2.75) is 70.5 Å². The van der Waals surface area contributed by atoms with Crippen molar-refractivity contribution in [1.82, 2.24) is 25.2 Å². The molecular formula is C18H31N5O2. The minimum atomic E-state index is -0.183. The van der Waals surface area contributed by atoms with Gasteiger partial charge in [-0.3, -0.25) is 9.69 Å². The minimum Gasteiger partial charge on any atom is -0.379 e. The van der Waals surface area contributed by atoms with Gasteiger partial charge in [0.1, 0.15) is 0 Å². The second-order valence-electron chi connectivity index (χ2n) is 8.32. The van der Waals surface area contributed by atoms with Crippen LogP contribution in [0.15, 0.2) is 6.20 Å². The SMILES string of the molecule is CC(NC(=O)c1cn(C(C)(C)C)nn1)C1(N2CCOCC2)CCCC1. The fourth-order valence-electron chi connectivity index (χ4n) is 4.12. The molecule has 2 fully saturated rings. The molecule has 1 saturated carbocycles. The molecule has 1 amide bonds. The highest BCUT2D eigenvalue weighted by atomic mass is 16.5. The van der Waals surface area contributed by atoms with Gasteiger partial charge in [0.25, 0.3) is 5.91 Å². The Morgan fingerprint density at radius 3 is 2.48 bits per heavy atom. The smallest absolute Gasteiger partial charge is 0.273 e. The molecule has 0 aromatic carbocycles. The molecular weight excluding hydrogens is 318 g/mol. The van der Waals surface area contributed by atoms with Gasteiger partial charge in [-0.25, -0.2) is 4.68 Å².